The molecule has 0 saturated carbocycles. The molecule has 1 heterocycles. The van der Waals surface area contributed by atoms with Gasteiger partial charge in [-0.05, 0) is 13.3 Å². The molecule has 5 nitrogen and oxygen atoms in total. The molecule has 2 unspecified atom stereocenters. The Hall–Kier alpha value is -0.243. The first-order chi connectivity index (χ1) is 8.55. The molecule has 0 aliphatic carbocycles. The largest absolute Gasteiger partial charge is 0.504 e. The minimum Gasteiger partial charge on any atom is -0.377 e. The first kappa shape index (κ1) is 15.8. The summed E-state index contributed by atoms with van der Waals surface area (Å²) >= 11 is 0. The van der Waals surface area contributed by atoms with Crippen LogP contribution in [0.4, 0.5) is 0 Å². The van der Waals surface area contributed by atoms with Crippen molar-refractivity contribution in [1.82, 2.24) is 0 Å². The van der Waals surface area contributed by atoms with Crippen molar-refractivity contribution in [2.45, 2.75) is 31.6 Å². The van der Waals surface area contributed by atoms with Crippen molar-refractivity contribution in [2.75, 3.05) is 34.5 Å². The van der Waals surface area contributed by atoms with Gasteiger partial charge in [-0.2, -0.15) is 0 Å². The summed E-state index contributed by atoms with van der Waals surface area (Å²) in [4.78, 5) is 0. The van der Waals surface area contributed by atoms with Crippen LogP contribution in [0.1, 0.15) is 13.3 Å². The van der Waals surface area contributed by atoms with Gasteiger partial charge in [-0.25, -0.2) is 0 Å². The fourth-order valence-corrected chi connectivity index (χ4v) is 3.44. The summed E-state index contributed by atoms with van der Waals surface area (Å²) in [5.74, 6) is 0. The van der Waals surface area contributed by atoms with Crippen LogP contribution >= 0.6 is 0 Å². The molecule has 106 valence electrons. The molecule has 0 bridgehead atoms. The van der Waals surface area contributed by atoms with Crippen LogP contribution in [0.5, 0.6) is 0 Å². The van der Waals surface area contributed by atoms with Crippen LogP contribution in [0.2, 0.25) is 6.04 Å². The lowest BCUT2D eigenvalue weighted by molar-refractivity contribution is 0.0542. The Morgan fingerprint density at radius 2 is 1.89 bits per heavy atom. The van der Waals surface area contributed by atoms with E-state index in [4.69, 9.17) is 22.8 Å². The van der Waals surface area contributed by atoms with Crippen molar-refractivity contribution in [2.24, 2.45) is 0 Å². The fourth-order valence-electron chi connectivity index (χ4n) is 1.75. The average molecular weight is 276 g/mol. The van der Waals surface area contributed by atoms with Gasteiger partial charge in [0.05, 0.1) is 19.3 Å². The van der Waals surface area contributed by atoms with Crippen LogP contribution < -0.4 is 0 Å². The summed E-state index contributed by atoms with van der Waals surface area (Å²) in [6, 6.07) is 0.615. The van der Waals surface area contributed by atoms with Gasteiger partial charge in [-0.3, -0.25) is 0 Å². The summed E-state index contributed by atoms with van der Waals surface area (Å²) < 4.78 is 26.9. The monoisotopic (exact) mass is 276 g/mol. The normalized spacial score (nSPS) is 20.8. The van der Waals surface area contributed by atoms with E-state index in [1.54, 1.807) is 21.3 Å². The summed E-state index contributed by atoms with van der Waals surface area (Å²) in [5, 5.41) is 0. The second-order valence-electron chi connectivity index (χ2n) is 4.53. The zero-order valence-electron chi connectivity index (χ0n) is 11.7. The van der Waals surface area contributed by atoms with E-state index in [2.05, 4.69) is 6.58 Å². The predicted octanol–water partition coefficient (Wildman–Crippen LogP) is 1.61. The number of rotatable bonds is 10. The average Bonchev–Trinajstić information content (AvgIpc) is 3.17. The highest BCUT2D eigenvalue weighted by atomic mass is 28.4. The van der Waals surface area contributed by atoms with Crippen molar-refractivity contribution in [1.29, 1.82) is 0 Å². The third-order valence-electron chi connectivity index (χ3n) is 2.94. The van der Waals surface area contributed by atoms with Crippen LogP contribution in [0, 0.1) is 0 Å². The Morgan fingerprint density at radius 3 is 2.33 bits per heavy atom. The van der Waals surface area contributed by atoms with Gasteiger partial charge in [0, 0.05) is 27.4 Å². The molecule has 0 amide bonds. The molecule has 1 aliphatic heterocycles. The van der Waals surface area contributed by atoms with E-state index in [0.29, 0.717) is 18.8 Å². The minimum atomic E-state index is -2.56. The molecular weight excluding hydrogens is 252 g/mol. The fraction of sp³-hybridized carbons (Fsp3) is 0.833. The van der Waals surface area contributed by atoms with Crippen LogP contribution in [0.25, 0.3) is 0 Å². The van der Waals surface area contributed by atoms with Crippen LogP contribution in [0.15, 0.2) is 12.2 Å². The van der Waals surface area contributed by atoms with Gasteiger partial charge >= 0.3 is 8.80 Å². The van der Waals surface area contributed by atoms with E-state index in [0.717, 1.165) is 18.6 Å². The zero-order valence-corrected chi connectivity index (χ0v) is 12.7. The van der Waals surface area contributed by atoms with Crippen molar-refractivity contribution < 1.29 is 22.8 Å². The van der Waals surface area contributed by atoms with E-state index < -0.39 is 8.80 Å². The van der Waals surface area contributed by atoms with Crippen LogP contribution in [-0.4, -0.2) is 55.6 Å². The summed E-state index contributed by atoms with van der Waals surface area (Å²) in [6.45, 7) is 7.56. The summed E-state index contributed by atoms with van der Waals surface area (Å²) in [7, 11) is 2.26. The van der Waals surface area contributed by atoms with E-state index >= 15 is 0 Å². The molecule has 0 radical (unpaired) electrons. The van der Waals surface area contributed by atoms with E-state index in [9.17, 15) is 0 Å². The lowest BCUT2D eigenvalue weighted by Crippen LogP contribution is -2.43. The Morgan fingerprint density at radius 1 is 1.33 bits per heavy atom. The first-order valence-electron chi connectivity index (χ1n) is 6.10. The van der Waals surface area contributed by atoms with Crippen molar-refractivity contribution in [3.8, 4) is 0 Å². The van der Waals surface area contributed by atoms with Gasteiger partial charge in [-0.15, -0.1) is 0 Å². The Bertz CT molecular complexity index is 255. The molecule has 6 heteroatoms. The van der Waals surface area contributed by atoms with E-state index in [1.807, 2.05) is 6.92 Å². The van der Waals surface area contributed by atoms with E-state index in [1.165, 1.54) is 0 Å². The van der Waals surface area contributed by atoms with Crippen molar-refractivity contribution in [3.05, 3.63) is 12.2 Å². The molecule has 1 saturated heterocycles. The van der Waals surface area contributed by atoms with Gasteiger partial charge in [0.2, 0.25) is 0 Å². The molecule has 1 fully saturated rings. The maximum absolute atomic E-state index is 5.66. The number of epoxide rings is 1. The molecule has 2 atom stereocenters. The molecule has 0 aromatic rings. The third kappa shape index (κ3) is 5.17. The first-order valence-corrected chi connectivity index (χ1v) is 8.03. The number of ether oxygens (including phenoxy) is 2. The molecule has 18 heavy (non-hydrogen) atoms. The topological polar surface area (TPSA) is 49.5 Å². The maximum Gasteiger partial charge on any atom is 0.504 e. The molecule has 0 N–H and O–H groups in total. The quantitative estimate of drug-likeness (QED) is 0.345. The highest BCUT2D eigenvalue weighted by molar-refractivity contribution is 6.61. The third-order valence-corrected chi connectivity index (χ3v) is 5.74. The van der Waals surface area contributed by atoms with Gasteiger partial charge in [0.1, 0.15) is 6.10 Å². The zero-order chi connectivity index (χ0) is 13.6. The lowest BCUT2D eigenvalue weighted by atomic mass is 10.2. The summed E-state index contributed by atoms with van der Waals surface area (Å²) in [5.41, 5.74) is 1.02. The maximum atomic E-state index is 5.66. The minimum absolute atomic E-state index is 0.124. The Kier molecular flexibility index (Phi) is 6.48. The standard InChI is InChI=1S/C12H24O5Si/c1-10(9-18(13-3,14-4)15-5)6-11(2)16-7-12-8-17-12/h11-12H,1,6-9H2,2-5H3. The summed E-state index contributed by atoms with van der Waals surface area (Å²) in [6.07, 6.45) is 1.20. The van der Waals surface area contributed by atoms with Crippen LogP contribution in [0.3, 0.4) is 0 Å². The highest BCUT2D eigenvalue weighted by Crippen LogP contribution is 2.22. The molecule has 0 aromatic heterocycles. The second-order valence-corrected chi connectivity index (χ2v) is 7.47. The van der Waals surface area contributed by atoms with Gasteiger partial charge in [-0.1, -0.05) is 12.2 Å². The van der Waals surface area contributed by atoms with Crippen molar-refractivity contribution in [3.63, 3.8) is 0 Å². The number of hydrogen-bond acceptors (Lipinski definition) is 5. The van der Waals surface area contributed by atoms with Gasteiger partial charge in [0.15, 0.2) is 0 Å². The molecular formula is C12H24O5Si. The van der Waals surface area contributed by atoms with Crippen molar-refractivity contribution >= 4 is 8.80 Å². The van der Waals surface area contributed by atoms with Crippen LogP contribution in [-0.2, 0) is 22.8 Å². The SMILES string of the molecule is C=C(CC(C)OCC1CO1)C[Si](OC)(OC)OC. The van der Waals surface area contributed by atoms with Gasteiger partial charge in [0.25, 0.3) is 0 Å². The molecule has 1 aliphatic rings. The van der Waals surface area contributed by atoms with Gasteiger partial charge < -0.3 is 22.8 Å². The molecule has 0 aromatic carbocycles. The molecule has 1 rings (SSSR count). The number of hydrogen-bond donors (Lipinski definition) is 0. The Labute approximate surface area is 110 Å². The predicted molar refractivity (Wildman–Crippen MR) is 70.5 cm³/mol. The molecule has 0 spiro atoms. The smallest absolute Gasteiger partial charge is 0.377 e. The van der Waals surface area contributed by atoms with E-state index in [-0.39, 0.29) is 6.10 Å². The lowest BCUT2D eigenvalue weighted by Gasteiger charge is -2.26. The second kappa shape index (κ2) is 7.37. The highest BCUT2D eigenvalue weighted by Gasteiger charge is 2.38. The Balaban J connectivity index is 2.29.